The van der Waals surface area contributed by atoms with Gasteiger partial charge in [-0.25, -0.2) is 0 Å². The van der Waals surface area contributed by atoms with Gasteiger partial charge >= 0.3 is 0 Å². The molecule has 0 aliphatic carbocycles. The normalized spacial score (nSPS) is 9.18. The topological polar surface area (TPSA) is 44.0 Å². The third kappa shape index (κ3) is 1.65. The first-order valence-corrected chi connectivity index (χ1v) is 3.90. The molecule has 1 aromatic carbocycles. The number of nitrogens with zero attached hydrogens (tertiary/aromatic N) is 1. The maximum Gasteiger partial charge on any atom is 0.136 e. The fraction of sp³-hybridized carbons (Fsp3) is 0. The van der Waals surface area contributed by atoms with E-state index in [1.54, 1.807) is 6.07 Å². The molecule has 0 saturated heterocycles. The van der Waals surface area contributed by atoms with Crippen molar-refractivity contribution in [3.8, 4) is 11.8 Å². The number of hydrogen-bond acceptors (Lipinski definition) is 2. The second kappa shape index (κ2) is 3.12. The van der Waals surface area contributed by atoms with Crippen molar-refractivity contribution in [3.05, 3.63) is 27.2 Å². The molecule has 0 spiro atoms. The Labute approximate surface area is 77.2 Å². The second-order valence-electron chi connectivity index (χ2n) is 1.90. The van der Waals surface area contributed by atoms with Crippen LogP contribution in [0, 0.1) is 11.3 Å². The molecule has 0 fully saturated rings. The van der Waals surface area contributed by atoms with Gasteiger partial charge in [-0.2, -0.15) is 5.26 Å². The first-order chi connectivity index (χ1) is 5.15. The zero-order chi connectivity index (χ0) is 8.43. The number of benzene rings is 1. The third-order valence-electron chi connectivity index (χ3n) is 1.14. The molecule has 0 aromatic heterocycles. The lowest BCUT2D eigenvalue weighted by atomic mass is 10.2. The smallest absolute Gasteiger partial charge is 0.136 e. The molecule has 4 heteroatoms. The van der Waals surface area contributed by atoms with Crippen molar-refractivity contribution in [1.82, 2.24) is 0 Å². The van der Waals surface area contributed by atoms with Crippen LogP contribution in [0.1, 0.15) is 5.56 Å². The molecule has 1 aromatic rings. The van der Waals surface area contributed by atoms with Gasteiger partial charge in [-0.15, -0.1) is 0 Å². The predicted octanol–water partition coefficient (Wildman–Crippen LogP) is 2.68. The maximum atomic E-state index is 9.10. The van der Waals surface area contributed by atoms with E-state index < -0.39 is 0 Å². The SMILES string of the molecule is N#Cc1cc(O)c(Cl)c(Br)c1. The van der Waals surface area contributed by atoms with Crippen molar-refractivity contribution in [2.75, 3.05) is 0 Å². The zero-order valence-corrected chi connectivity index (χ0v) is 7.65. The summed E-state index contributed by atoms with van der Waals surface area (Å²) in [5.74, 6) is -0.0856. The summed E-state index contributed by atoms with van der Waals surface area (Å²) in [6.07, 6.45) is 0. The molecule has 1 N–H and O–H groups in total. The van der Waals surface area contributed by atoms with E-state index in [4.69, 9.17) is 22.0 Å². The monoisotopic (exact) mass is 231 g/mol. The summed E-state index contributed by atoms with van der Waals surface area (Å²) in [6.45, 7) is 0. The lowest BCUT2D eigenvalue weighted by Crippen LogP contribution is -1.76. The molecule has 0 amide bonds. The van der Waals surface area contributed by atoms with Gasteiger partial charge < -0.3 is 5.11 Å². The van der Waals surface area contributed by atoms with E-state index >= 15 is 0 Å². The van der Waals surface area contributed by atoms with Crippen LogP contribution in [0.5, 0.6) is 5.75 Å². The Balaban J connectivity index is 3.35. The molecular weight excluding hydrogens is 229 g/mol. The summed E-state index contributed by atoms with van der Waals surface area (Å²) < 4.78 is 0.524. The van der Waals surface area contributed by atoms with E-state index in [0.29, 0.717) is 10.0 Å². The minimum Gasteiger partial charge on any atom is -0.506 e. The lowest BCUT2D eigenvalue weighted by molar-refractivity contribution is 0.475. The van der Waals surface area contributed by atoms with Gasteiger partial charge in [0, 0.05) is 4.47 Å². The highest BCUT2D eigenvalue weighted by atomic mass is 79.9. The van der Waals surface area contributed by atoms with Crippen molar-refractivity contribution in [1.29, 1.82) is 5.26 Å². The van der Waals surface area contributed by atoms with Gasteiger partial charge in [0.15, 0.2) is 0 Å². The van der Waals surface area contributed by atoms with Gasteiger partial charge in [0.05, 0.1) is 16.7 Å². The van der Waals surface area contributed by atoms with Gasteiger partial charge in [-0.1, -0.05) is 11.6 Å². The van der Waals surface area contributed by atoms with Crippen LogP contribution in [-0.4, -0.2) is 5.11 Å². The molecule has 11 heavy (non-hydrogen) atoms. The van der Waals surface area contributed by atoms with Crippen molar-refractivity contribution in [2.45, 2.75) is 0 Å². The quantitative estimate of drug-likeness (QED) is 0.747. The molecule has 0 aliphatic heterocycles. The average molecular weight is 232 g/mol. The predicted molar refractivity (Wildman–Crippen MR) is 45.5 cm³/mol. The van der Waals surface area contributed by atoms with Gasteiger partial charge in [-0.3, -0.25) is 0 Å². The number of nitriles is 1. The first kappa shape index (κ1) is 8.38. The molecule has 56 valence electrons. The Hall–Kier alpha value is -0.720. The van der Waals surface area contributed by atoms with E-state index in [2.05, 4.69) is 15.9 Å². The summed E-state index contributed by atoms with van der Waals surface area (Å²) in [7, 11) is 0. The molecule has 1 rings (SSSR count). The highest BCUT2D eigenvalue weighted by Gasteiger charge is 2.04. The number of phenols is 1. The molecule has 0 bridgehead atoms. The van der Waals surface area contributed by atoms with Gasteiger partial charge in [0.25, 0.3) is 0 Å². The second-order valence-corrected chi connectivity index (χ2v) is 3.14. The fourth-order valence-electron chi connectivity index (χ4n) is 0.639. The van der Waals surface area contributed by atoms with E-state index in [-0.39, 0.29) is 10.8 Å². The van der Waals surface area contributed by atoms with Crippen LogP contribution in [0.3, 0.4) is 0 Å². The first-order valence-electron chi connectivity index (χ1n) is 2.73. The molecule has 0 heterocycles. The van der Waals surface area contributed by atoms with Gasteiger partial charge in [0.1, 0.15) is 5.75 Å². The lowest BCUT2D eigenvalue weighted by Gasteiger charge is -1.98. The molecule has 0 aliphatic rings. The maximum absolute atomic E-state index is 9.10. The van der Waals surface area contributed by atoms with Crippen molar-refractivity contribution >= 4 is 27.5 Å². The Bertz CT molecular complexity index is 309. The summed E-state index contributed by atoms with van der Waals surface area (Å²) in [5, 5.41) is 17.8. The van der Waals surface area contributed by atoms with Gasteiger partial charge in [0.2, 0.25) is 0 Å². The molecular formula is C7H3BrClNO. The summed E-state index contributed by atoms with van der Waals surface area (Å²) in [5.41, 5.74) is 0.374. The molecule has 0 atom stereocenters. The van der Waals surface area contributed by atoms with Crippen LogP contribution >= 0.6 is 27.5 Å². The Kier molecular flexibility index (Phi) is 2.38. The van der Waals surface area contributed by atoms with Crippen LogP contribution in [0.2, 0.25) is 5.02 Å². The van der Waals surface area contributed by atoms with Crippen molar-refractivity contribution in [3.63, 3.8) is 0 Å². The van der Waals surface area contributed by atoms with Gasteiger partial charge in [-0.05, 0) is 28.1 Å². The highest BCUT2D eigenvalue weighted by Crippen LogP contribution is 2.32. The Morgan fingerprint density at radius 1 is 1.55 bits per heavy atom. The summed E-state index contributed by atoms with van der Waals surface area (Å²) in [6, 6.07) is 4.74. The number of aromatic hydroxyl groups is 1. The standard InChI is InChI=1S/C7H3BrClNO/c8-5-1-4(3-10)2-6(11)7(5)9/h1-2,11H. The highest BCUT2D eigenvalue weighted by molar-refractivity contribution is 9.10. The number of rotatable bonds is 0. The number of halogens is 2. The molecule has 2 nitrogen and oxygen atoms in total. The largest absolute Gasteiger partial charge is 0.506 e. The van der Waals surface area contributed by atoms with E-state index in [9.17, 15) is 0 Å². The summed E-state index contributed by atoms with van der Waals surface area (Å²) in [4.78, 5) is 0. The van der Waals surface area contributed by atoms with E-state index in [0.717, 1.165) is 0 Å². The fourth-order valence-corrected chi connectivity index (χ4v) is 1.20. The van der Waals surface area contributed by atoms with Crippen molar-refractivity contribution in [2.24, 2.45) is 0 Å². The Morgan fingerprint density at radius 3 is 2.64 bits per heavy atom. The number of phenolic OH excluding ortho intramolecular Hbond substituents is 1. The van der Waals surface area contributed by atoms with E-state index in [1.165, 1.54) is 6.07 Å². The molecule has 0 saturated carbocycles. The zero-order valence-electron chi connectivity index (χ0n) is 5.31. The third-order valence-corrected chi connectivity index (χ3v) is 2.39. The van der Waals surface area contributed by atoms with Crippen LogP contribution in [-0.2, 0) is 0 Å². The molecule has 0 radical (unpaired) electrons. The molecule has 0 unspecified atom stereocenters. The minimum absolute atomic E-state index is 0.0856. The Morgan fingerprint density at radius 2 is 2.18 bits per heavy atom. The minimum atomic E-state index is -0.0856. The average Bonchev–Trinajstić information content (AvgIpc) is 1.99. The number of hydrogen-bond donors (Lipinski definition) is 1. The summed E-state index contributed by atoms with van der Waals surface area (Å²) >= 11 is 8.69. The van der Waals surface area contributed by atoms with Crippen LogP contribution in [0.15, 0.2) is 16.6 Å². The van der Waals surface area contributed by atoms with Crippen LogP contribution in [0.25, 0.3) is 0 Å². The van der Waals surface area contributed by atoms with Crippen molar-refractivity contribution < 1.29 is 5.11 Å². The van der Waals surface area contributed by atoms with Crippen LogP contribution in [0.4, 0.5) is 0 Å². The van der Waals surface area contributed by atoms with Crippen LogP contribution < -0.4 is 0 Å². The van der Waals surface area contributed by atoms with E-state index in [1.807, 2.05) is 6.07 Å².